The Labute approximate surface area is 179 Å². The largest absolute Gasteiger partial charge is 0.497 e. The molecule has 0 saturated carbocycles. The lowest BCUT2D eigenvalue weighted by atomic mass is 9.95. The van der Waals surface area contributed by atoms with Gasteiger partial charge >= 0.3 is 6.03 Å². The van der Waals surface area contributed by atoms with Crippen molar-refractivity contribution in [2.45, 2.75) is 18.9 Å². The van der Waals surface area contributed by atoms with E-state index < -0.39 is 17.5 Å². The number of methoxy groups -OCH3 is 1. The zero-order valence-electron chi connectivity index (χ0n) is 17.6. The smallest absolute Gasteiger partial charge is 0.322 e. The van der Waals surface area contributed by atoms with E-state index in [4.69, 9.17) is 9.15 Å². The first kappa shape index (κ1) is 20.5. The number of ether oxygens (including phenoxy) is 1. The second-order valence-electron chi connectivity index (χ2n) is 7.66. The van der Waals surface area contributed by atoms with Gasteiger partial charge in [0.2, 0.25) is 0 Å². The molecule has 0 bridgehead atoms. The van der Waals surface area contributed by atoms with Crippen molar-refractivity contribution in [3.05, 3.63) is 53.0 Å². The van der Waals surface area contributed by atoms with Crippen LogP contribution in [0.1, 0.15) is 33.9 Å². The number of furan rings is 1. The third-order valence-corrected chi connectivity index (χ3v) is 5.51. The van der Waals surface area contributed by atoms with Crippen LogP contribution in [0, 0.1) is 6.92 Å². The molecule has 0 spiro atoms. The van der Waals surface area contributed by atoms with Crippen LogP contribution in [0.2, 0.25) is 0 Å². The molecule has 9 heteroatoms. The Hall–Kier alpha value is -3.75. The van der Waals surface area contributed by atoms with Crippen molar-refractivity contribution >= 4 is 29.6 Å². The average molecular weight is 424 g/mol. The minimum Gasteiger partial charge on any atom is -0.497 e. The van der Waals surface area contributed by atoms with Crippen molar-refractivity contribution in [2.24, 2.45) is 0 Å². The number of rotatable bonds is 5. The van der Waals surface area contributed by atoms with Crippen LogP contribution in [-0.4, -0.2) is 50.0 Å². The zero-order valence-corrected chi connectivity index (χ0v) is 17.6. The van der Waals surface area contributed by atoms with E-state index in [-0.39, 0.29) is 18.2 Å². The number of imide groups is 1. The summed E-state index contributed by atoms with van der Waals surface area (Å²) in [7, 11) is 3.10. The van der Waals surface area contributed by atoms with Gasteiger partial charge in [0.25, 0.3) is 11.8 Å². The summed E-state index contributed by atoms with van der Waals surface area (Å²) in [5.74, 6) is 0.486. The normalized spacial score (nSPS) is 19.7. The van der Waals surface area contributed by atoms with Crippen LogP contribution in [0.15, 0.2) is 34.8 Å². The SMILES string of the molecule is COc1ccc(C)c(C(=O)N(C)C[C@@]2(c3cc4c(o3)C=CCCN4)NC(=O)NC2=O)c1. The number of aryl methyl sites for hydroxylation is 1. The van der Waals surface area contributed by atoms with Crippen molar-refractivity contribution in [1.29, 1.82) is 0 Å². The number of hydrogen-bond donors (Lipinski definition) is 3. The predicted molar refractivity (Wildman–Crippen MR) is 114 cm³/mol. The van der Waals surface area contributed by atoms with Crippen molar-refractivity contribution in [2.75, 3.05) is 32.6 Å². The Morgan fingerprint density at radius 2 is 2.10 bits per heavy atom. The van der Waals surface area contributed by atoms with E-state index >= 15 is 0 Å². The summed E-state index contributed by atoms with van der Waals surface area (Å²) in [6, 6.07) is 6.28. The fraction of sp³-hybridized carbons (Fsp3) is 0.318. The summed E-state index contributed by atoms with van der Waals surface area (Å²) in [6.45, 7) is 2.43. The maximum absolute atomic E-state index is 13.2. The highest BCUT2D eigenvalue weighted by Crippen LogP contribution is 2.34. The highest BCUT2D eigenvalue weighted by molar-refractivity contribution is 6.08. The van der Waals surface area contributed by atoms with Gasteiger partial charge in [-0.1, -0.05) is 12.1 Å². The number of benzene rings is 1. The summed E-state index contributed by atoms with van der Waals surface area (Å²) in [5, 5.41) is 8.18. The molecular weight excluding hydrogens is 400 g/mol. The Morgan fingerprint density at radius 1 is 1.29 bits per heavy atom. The van der Waals surface area contributed by atoms with Crippen LogP contribution < -0.4 is 20.7 Å². The summed E-state index contributed by atoms with van der Waals surface area (Å²) in [4.78, 5) is 39.6. The van der Waals surface area contributed by atoms with Gasteiger partial charge < -0.3 is 24.7 Å². The van der Waals surface area contributed by atoms with Crippen LogP contribution in [0.4, 0.5) is 10.5 Å². The van der Waals surface area contributed by atoms with Gasteiger partial charge in [0.15, 0.2) is 5.54 Å². The van der Waals surface area contributed by atoms with Crippen molar-refractivity contribution in [3.8, 4) is 5.75 Å². The molecule has 2 aliphatic rings. The van der Waals surface area contributed by atoms with Gasteiger partial charge in [0, 0.05) is 25.2 Å². The molecule has 4 rings (SSSR count). The van der Waals surface area contributed by atoms with E-state index in [1.807, 2.05) is 19.1 Å². The first-order chi connectivity index (χ1) is 14.8. The minimum absolute atomic E-state index is 0.115. The van der Waals surface area contributed by atoms with E-state index in [1.54, 1.807) is 31.3 Å². The number of carbonyl (C=O) groups is 3. The molecule has 1 saturated heterocycles. The molecule has 0 aliphatic carbocycles. The summed E-state index contributed by atoms with van der Waals surface area (Å²) in [5.41, 5.74) is 0.401. The number of carbonyl (C=O) groups excluding carboxylic acids is 3. The third kappa shape index (κ3) is 3.63. The minimum atomic E-state index is -1.55. The number of fused-ring (bicyclic) bond motifs is 1. The Morgan fingerprint density at radius 3 is 2.81 bits per heavy atom. The van der Waals surface area contributed by atoms with E-state index in [0.29, 0.717) is 17.1 Å². The van der Waals surface area contributed by atoms with Gasteiger partial charge in [-0.05, 0) is 37.1 Å². The number of nitrogens with zero attached hydrogens (tertiary/aromatic N) is 1. The van der Waals surface area contributed by atoms with Crippen molar-refractivity contribution in [3.63, 3.8) is 0 Å². The molecule has 3 N–H and O–H groups in total. The summed E-state index contributed by atoms with van der Waals surface area (Å²) in [6.07, 6.45) is 4.64. The van der Waals surface area contributed by atoms with Crippen LogP contribution >= 0.6 is 0 Å². The van der Waals surface area contributed by atoms with Crippen LogP contribution in [0.5, 0.6) is 5.75 Å². The van der Waals surface area contributed by atoms with Gasteiger partial charge in [-0.15, -0.1) is 0 Å². The standard InChI is InChI=1S/C22H24N4O5/c1-13-7-8-14(30-3)10-15(13)19(27)26(2)12-22(20(28)24-21(29)25-22)18-11-16-17(31-18)6-4-5-9-23-16/h4,6-8,10-11,23H,5,9,12H2,1-3H3,(H2,24,25,28,29)/t22-/m0/s1. The molecule has 2 aromatic rings. The Balaban J connectivity index is 1.69. The fourth-order valence-corrected chi connectivity index (χ4v) is 3.80. The molecule has 1 atom stereocenters. The number of hydrogen-bond acceptors (Lipinski definition) is 6. The van der Waals surface area contributed by atoms with E-state index in [1.165, 1.54) is 12.0 Å². The summed E-state index contributed by atoms with van der Waals surface area (Å²) < 4.78 is 11.2. The topological polar surface area (TPSA) is 113 Å². The monoisotopic (exact) mass is 424 g/mol. The molecule has 162 valence electrons. The van der Waals surface area contributed by atoms with Gasteiger partial charge in [0.05, 0.1) is 19.3 Å². The first-order valence-electron chi connectivity index (χ1n) is 9.92. The second-order valence-corrected chi connectivity index (χ2v) is 7.66. The molecule has 0 unspecified atom stereocenters. The lowest BCUT2D eigenvalue weighted by Gasteiger charge is -2.29. The molecule has 2 aliphatic heterocycles. The van der Waals surface area contributed by atoms with E-state index in [0.717, 1.165) is 24.2 Å². The fourth-order valence-electron chi connectivity index (χ4n) is 3.80. The summed E-state index contributed by atoms with van der Waals surface area (Å²) >= 11 is 0. The number of anilines is 1. The number of likely N-dealkylation sites (N-methyl/N-ethyl adjacent to an activating group) is 1. The Bertz CT molecular complexity index is 1090. The maximum Gasteiger partial charge on any atom is 0.322 e. The molecule has 9 nitrogen and oxygen atoms in total. The molecule has 3 heterocycles. The molecule has 31 heavy (non-hydrogen) atoms. The van der Waals surface area contributed by atoms with Crippen molar-refractivity contribution in [1.82, 2.24) is 15.5 Å². The second kappa shape index (κ2) is 7.82. The number of urea groups is 1. The highest BCUT2D eigenvalue weighted by atomic mass is 16.5. The zero-order chi connectivity index (χ0) is 22.2. The van der Waals surface area contributed by atoms with E-state index in [2.05, 4.69) is 16.0 Å². The van der Waals surface area contributed by atoms with Gasteiger partial charge in [0.1, 0.15) is 17.3 Å². The van der Waals surface area contributed by atoms with Crippen LogP contribution in [0.3, 0.4) is 0 Å². The number of nitrogens with one attached hydrogen (secondary N) is 3. The predicted octanol–water partition coefficient (Wildman–Crippen LogP) is 2.23. The molecule has 1 aromatic heterocycles. The molecule has 1 aromatic carbocycles. The maximum atomic E-state index is 13.2. The van der Waals surface area contributed by atoms with Crippen molar-refractivity contribution < 1.29 is 23.5 Å². The van der Waals surface area contributed by atoms with Gasteiger partial charge in [-0.25, -0.2) is 4.79 Å². The van der Waals surface area contributed by atoms with Gasteiger partial charge in [-0.3, -0.25) is 14.9 Å². The lowest BCUT2D eigenvalue weighted by molar-refractivity contribution is -0.125. The lowest BCUT2D eigenvalue weighted by Crippen LogP contribution is -2.52. The Kier molecular flexibility index (Phi) is 5.18. The van der Waals surface area contributed by atoms with Crippen LogP contribution in [-0.2, 0) is 10.3 Å². The van der Waals surface area contributed by atoms with E-state index in [9.17, 15) is 14.4 Å². The highest BCUT2D eigenvalue weighted by Gasteiger charge is 2.52. The number of amides is 4. The molecular formula is C22H24N4O5. The first-order valence-corrected chi connectivity index (χ1v) is 9.92. The molecule has 0 radical (unpaired) electrons. The quantitative estimate of drug-likeness (QED) is 0.635. The van der Waals surface area contributed by atoms with Gasteiger partial charge in [-0.2, -0.15) is 0 Å². The molecule has 1 fully saturated rings. The van der Waals surface area contributed by atoms with Crippen LogP contribution in [0.25, 0.3) is 6.08 Å². The third-order valence-electron chi connectivity index (χ3n) is 5.51. The molecule has 4 amide bonds. The average Bonchev–Trinajstić information content (AvgIpc) is 3.20.